The minimum Gasteiger partial charge on any atom is -0.621 e. The second-order valence-corrected chi connectivity index (χ2v) is 2.67. The van der Waals surface area contributed by atoms with Gasteiger partial charge in [0.15, 0.2) is 0 Å². The molecule has 0 bridgehead atoms. The molecule has 2 rings (SSSR count). The minimum atomic E-state index is -0.213. The van der Waals surface area contributed by atoms with E-state index in [4.69, 9.17) is 0 Å². The number of fused-ring (bicyclic) bond motifs is 1. The number of hydrogen-bond acceptors (Lipinski definition) is 2. The summed E-state index contributed by atoms with van der Waals surface area (Å²) in [5.41, 5.74) is 1.50. The Hall–Kier alpha value is 0.165. The Morgan fingerprint density at radius 1 is 1.31 bits per heavy atom. The molecule has 0 fully saturated rings. The van der Waals surface area contributed by atoms with Gasteiger partial charge < -0.3 is 9.78 Å². The molecule has 0 saturated carbocycles. The van der Waals surface area contributed by atoms with E-state index in [0.717, 1.165) is 10.9 Å². The standard InChI is InChI=1S/C9H8N2O.Rb/c1-6-4-10-5-8-7(6)2-3-9(12)11-8;/h2-5H,1H3,(H,11,12);/q;+1/p-1. The van der Waals surface area contributed by atoms with E-state index in [0.29, 0.717) is 5.52 Å². The fourth-order valence-corrected chi connectivity index (χ4v) is 1.18. The number of rotatable bonds is 0. The van der Waals surface area contributed by atoms with E-state index in [1.807, 2.05) is 6.92 Å². The van der Waals surface area contributed by atoms with Gasteiger partial charge in [0.05, 0.1) is 5.56 Å². The summed E-state index contributed by atoms with van der Waals surface area (Å²) in [6.45, 7) is 1.95. The number of aromatic nitrogens is 2. The van der Waals surface area contributed by atoms with E-state index < -0.39 is 0 Å². The molecule has 0 saturated heterocycles. The summed E-state index contributed by atoms with van der Waals surface area (Å²) in [7, 11) is 0. The molecule has 0 atom stereocenters. The second-order valence-electron chi connectivity index (χ2n) is 2.67. The van der Waals surface area contributed by atoms with E-state index in [9.17, 15) is 4.79 Å². The zero-order valence-corrected chi connectivity index (χ0v) is 12.5. The molecule has 2 heterocycles. The van der Waals surface area contributed by atoms with E-state index in [1.54, 1.807) is 18.5 Å². The summed E-state index contributed by atoms with van der Waals surface area (Å²) in [4.78, 5) is 18.6. The molecule has 4 heteroatoms. The summed E-state index contributed by atoms with van der Waals surface area (Å²) in [5.74, 6) is 0. The van der Waals surface area contributed by atoms with Gasteiger partial charge in [-0.15, -0.1) is 5.52 Å². The van der Waals surface area contributed by atoms with E-state index in [2.05, 4.69) is 9.97 Å². The molecule has 0 amide bonds. The van der Waals surface area contributed by atoms with Crippen molar-refractivity contribution in [2.45, 2.75) is 6.92 Å². The summed E-state index contributed by atoms with van der Waals surface area (Å²) in [5, 5.41) is 0.990. The van der Waals surface area contributed by atoms with Crippen LogP contribution in [0.25, 0.3) is 10.9 Å². The normalized spacial score (nSPS) is 9.62. The van der Waals surface area contributed by atoms with Crippen LogP contribution in [0, 0.1) is 6.92 Å². The fraction of sp³-hybridized carbons (Fsp3) is 0.111. The molecule has 0 aromatic carbocycles. The monoisotopic (exact) mass is 244 g/mol. The maximum absolute atomic E-state index is 10.9. The van der Waals surface area contributed by atoms with Gasteiger partial charge in [0.1, 0.15) is 0 Å². The molecule has 0 aliphatic rings. The van der Waals surface area contributed by atoms with Crippen molar-refractivity contribution in [2.75, 3.05) is 0 Å². The molecule has 0 unspecified atom stereocenters. The van der Waals surface area contributed by atoms with Gasteiger partial charge in [-0.3, -0.25) is 4.98 Å². The predicted molar refractivity (Wildman–Crippen MR) is 46.1 cm³/mol. The van der Waals surface area contributed by atoms with Crippen molar-refractivity contribution in [3.8, 4) is 0 Å². The van der Waals surface area contributed by atoms with Crippen molar-refractivity contribution in [1.82, 2.24) is 9.97 Å². The molecule has 60 valence electrons. The van der Waals surface area contributed by atoms with Crippen LogP contribution in [-0.2, 0) is 0 Å². The van der Waals surface area contributed by atoms with Gasteiger partial charge in [0, 0.05) is 12.4 Å². The van der Waals surface area contributed by atoms with E-state index >= 15 is 0 Å². The van der Waals surface area contributed by atoms with Gasteiger partial charge in [-0.25, -0.2) is 0 Å². The third kappa shape index (κ3) is 2.34. The Morgan fingerprint density at radius 2 is 2.08 bits per heavy atom. The first-order valence-electron chi connectivity index (χ1n) is 3.66. The summed E-state index contributed by atoms with van der Waals surface area (Å²) in [6, 6.07) is 3.25. The largest absolute Gasteiger partial charge is 1.00 e. The topological polar surface area (TPSA) is 44.1 Å². The van der Waals surface area contributed by atoms with Crippen LogP contribution >= 0.6 is 0 Å². The molecular formula is C9H7N2ORb. The van der Waals surface area contributed by atoms with Crippen molar-refractivity contribution in [3.63, 3.8) is 0 Å². The van der Waals surface area contributed by atoms with Gasteiger partial charge in [-0.2, -0.15) is 0 Å². The van der Waals surface area contributed by atoms with Crippen LogP contribution < -0.4 is 68.7 Å². The Morgan fingerprint density at radius 3 is 2.85 bits per heavy atom. The van der Waals surface area contributed by atoms with Crippen molar-refractivity contribution in [1.29, 1.82) is 0 Å². The molecular weight excluding hydrogens is 238 g/mol. The Kier molecular flexibility index (Phi) is 3.97. The first-order valence-corrected chi connectivity index (χ1v) is 3.66. The first-order chi connectivity index (χ1) is 5.77. The molecule has 13 heavy (non-hydrogen) atoms. The Balaban J connectivity index is 0.000000845. The second kappa shape index (κ2) is 4.60. The van der Waals surface area contributed by atoms with Crippen LogP contribution in [0.1, 0.15) is 5.56 Å². The average molecular weight is 245 g/mol. The average Bonchev–Trinajstić information content (AvgIpc) is 2.04. The summed E-state index contributed by atoms with van der Waals surface area (Å²) >= 11 is 0. The smallest absolute Gasteiger partial charge is 0.621 e. The maximum atomic E-state index is 10.9. The van der Waals surface area contributed by atoms with Crippen LogP contribution in [0.5, 0.6) is 0 Å². The van der Waals surface area contributed by atoms with Gasteiger partial charge in [0.25, 0.3) is 0 Å². The SMILES string of the molecule is Cc1cncc2[n-]c(=O)ccc12.[Rb+]. The van der Waals surface area contributed by atoms with Gasteiger partial charge in [0.2, 0.25) is 0 Å². The summed E-state index contributed by atoms with van der Waals surface area (Å²) < 4.78 is 0. The quantitative estimate of drug-likeness (QED) is 0.532. The fourth-order valence-electron chi connectivity index (χ4n) is 1.18. The molecule has 0 radical (unpaired) electrons. The molecule has 2 aromatic heterocycles. The number of aryl methyl sites for hydroxylation is 1. The van der Waals surface area contributed by atoms with Crippen LogP contribution in [0.4, 0.5) is 0 Å². The molecule has 3 nitrogen and oxygen atoms in total. The van der Waals surface area contributed by atoms with Crippen molar-refractivity contribution in [2.24, 2.45) is 0 Å². The Labute approximate surface area is 124 Å². The van der Waals surface area contributed by atoms with Crippen molar-refractivity contribution in [3.05, 3.63) is 40.4 Å². The first kappa shape index (κ1) is 11.2. The molecule has 2 aromatic rings. The zero-order valence-electron chi connectivity index (χ0n) is 7.61. The number of hydrogen-bond donors (Lipinski definition) is 0. The van der Waals surface area contributed by atoms with E-state index in [1.165, 1.54) is 6.07 Å². The van der Waals surface area contributed by atoms with Crippen LogP contribution in [0.15, 0.2) is 29.3 Å². The third-order valence-corrected chi connectivity index (χ3v) is 1.79. The molecule has 0 spiro atoms. The molecule has 0 aliphatic heterocycles. The van der Waals surface area contributed by atoms with Gasteiger partial charge >= 0.3 is 58.2 Å². The van der Waals surface area contributed by atoms with Gasteiger partial charge in [-0.1, -0.05) is 6.07 Å². The van der Waals surface area contributed by atoms with Crippen LogP contribution in [0.2, 0.25) is 0 Å². The van der Waals surface area contributed by atoms with Crippen molar-refractivity contribution >= 4 is 10.9 Å². The molecule has 0 aliphatic carbocycles. The third-order valence-electron chi connectivity index (χ3n) is 1.79. The number of pyridine rings is 2. The minimum absolute atomic E-state index is 0. The number of nitrogens with zero attached hydrogens (tertiary/aromatic N) is 2. The maximum Gasteiger partial charge on any atom is 1.00 e. The predicted octanol–water partition coefficient (Wildman–Crippen LogP) is -2.14. The van der Waals surface area contributed by atoms with E-state index in [-0.39, 0.29) is 63.7 Å². The van der Waals surface area contributed by atoms with Gasteiger partial charge in [-0.05, 0) is 23.9 Å². The van der Waals surface area contributed by atoms with Crippen LogP contribution in [0.3, 0.4) is 0 Å². The Bertz CT molecular complexity index is 478. The summed E-state index contributed by atoms with van der Waals surface area (Å²) in [6.07, 6.45) is 3.36. The zero-order chi connectivity index (χ0) is 8.55. The van der Waals surface area contributed by atoms with Crippen molar-refractivity contribution < 1.29 is 58.2 Å². The van der Waals surface area contributed by atoms with Crippen LogP contribution in [-0.4, -0.2) is 4.98 Å². The molecule has 0 N–H and O–H groups in total.